The van der Waals surface area contributed by atoms with Gasteiger partial charge in [0.15, 0.2) is 0 Å². The van der Waals surface area contributed by atoms with Gasteiger partial charge in [0, 0.05) is 36.1 Å². The number of aryl methyl sites for hydroxylation is 1. The predicted octanol–water partition coefficient (Wildman–Crippen LogP) is 3.44. The molecule has 1 amide bonds. The summed E-state index contributed by atoms with van der Waals surface area (Å²) in [6.07, 6.45) is 0.0936. The van der Waals surface area contributed by atoms with E-state index in [1.165, 1.54) is 4.68 Å². The molecule has 0 aliphatic rings. The Balaban J connectivity index is 1.85. The Labute approximate surface area is 160 Å². The van der Waals surface area contributed by atoms with Crippen molar-refractivity contribution in [1.29, 1.82) is 0 Å². The first-order valence-electron chi connectivity index (χ1n) is 7.99. The Kier molecular flexibility index (Phi) is 5.30. The van der Waals surface area contributed by atoms with Crippen LogP contribution >= 0.6 is 23.2 Å². The number of hydrogen-bond donors (Lipinski definition) is 0. The molecule has 0 aliphatic carbocycles. The quantitative estimate of drug-likeness (QED) is 0.686. The van der Waals surface area contributed by atoms with Crippen molar-refractivity contribution in [3.05, 3.63) is 74.1 Å². The lowest BCUT2D eigenvalue weighted by Gasteiger charge is -2.18. The van der Waals surface area contributed by atoms with Crippen LogP contribution in [0.5, 0.6) is 0 Å². The molecule has 0 spiro atoms. The average Bonchev–Trinajstić information content (AvgIpc) is 2.61. The Morgan fingerprint density at radius 2 is 1.85 bits per heavy atom. The van der Waals surface area contributed by atoms with Crippen molar-refractivity contribution in [1.82, 2.24) is 14.7 Å². The number of carbonyl (C=O) groups is 1. The van der Waals surface area contributed by atoms with Gasteiger partial charge in [-0.15, -0.1) is 0 Å². The van der Waals surface area contributed by atoms with E-state index < -0.39 is 0 Å². The molecule has 1 heterocycles. The third-order valence-corrected chi connectivity index (χ3v) is 4.79. The number of amides is 1. The number of rotatable bonds is 4. The van der Waals surface area contributed by atoms with Gasteiger partial charge in [-0.05, 0) is 23.8 Å². The number of hydrogen-bond acceptors (Lipinski definition) is 3. The molecule has 7 heteroatoms. The second-order valence-corrected chi connectivity index (χ2v) is 6.93. The molecule has 0 radical (unpaired) electrons. The molecule has 2 aromatic carbocycles. The van der Waals surface area contributed by atoms with E-state index in [0.717, 1.165) is 5.56 Å². The van der Waals surface area contributed by atoms with Gasteiger partial charge in [-0.3, -0.25) is 9.59 Å². The fraction of sp³-hybridized carbons (Fsp3) is 0.211. The summed E-state index contributed by atoms with van der Waals surface area (Å²) in [5, 5.41) is 6.59. The zero-order valence-corrected chi connectivity index (χ0v) is 15.9. The van der Waals surface area contributed by atoms with Crippen molar-refractivity contribution in [2.24, 2.45) is 7.05 Å². The topological polar surface area (TPSA) is 55.2 Å². The van der Waals surface area contributed by atoms with E-state index in [2.05, 4.69) is 5.10 Å². The summed E-state index contributed by atoms with van der Waals surface area (Å²) < 4.78 is 1.26. The highest BCUT2D eigenvalue weighted by molar-refractivity contribution is 6.35. The van der Waals surface area contributed by atoms with Crippen LogP contribution in [0.15, 0.2) is 47.3 Å². The van der Waals surface area contributed by atoms with Crippen LogP contribution in [0, 0.1) is 0 Å². The number of halogens is 2. The molecule has 0 unspecified atom stereocenters. The molecule has 0 fully saturated rings. The molecule has 3 aromatic rings. The van der Waals surface area contributed by atoms with E-state index in [-0.39, 0.29) is 17.9 Å². The van der Waals surface area contributed by atoms with Crippen molar-refractivity contribution < 1.29 is 4.79 Å². The Bertz CT molecular complexity index is 1050. The lowest BCUT2D eigenvalue weighted by Crippen LogP contribution is -2.29. The highest BCUT2D eigenvalue weighted by atomic mass is 35.5. The minimum absolute atomic E-state index is 0.0936. The summed E-state index contributed by atoms with van der Waals surface area (Å²) in [6, 6.07) is 12.4. The summed E-state index contributed by atoms with van der Waals surface area (Å²) in [5.74, 6) is -0.118. The molecular weight excluding hydrogens is 373 g/mol. The Morgan fingerprint density at radius 3 is 2.54 bits per heavy atom. The van der Waals surface area contributed by atoms with Gasteiger partial charge in [0.1, 0.15) is 0 Å². The minimum atomic E-state index is -0.182. The maximum Gasteiger partial charge on any atom is 0.274 e. The summed E-state index contributed by atoms with van der Waals surface area (Å²) in [5.41, 5.74) is 1.20. The molecule has 3 rings (SSSR count). The first kappa shape index (κ1) is 18.4. The second-order valence-electron chi connectivity index (χ2n) is 6.08. The van der Waals surface area contributed by atoms with Gasteiger partial charge in [0.25, 0.3) is 5.56 Å². The summed E-state index contributed by atoms with van der Waals surface area (Å²) in [6.45, 7) is 0.360. The normalized spacial score (nSPS) is 10.9. The highest BCUT2D eigenvalue weighted by Crippen LogP contribution is 2.22. The van der Waals surface area contributed by atoms with Crippen molar-refractivity contribution in [2.45, 2.75) is 13.0 Å². The van der Waals surface area contributed by atoms with Crippen molar-refractivity contribution in [3.63, 3.8) is 0 Å². The third-order valence-electron chi connectivity index (χ3n) is 4.20. The lowest BCUT2D eigenvalue weighted by molar-refractivity contribution is -0.129. The number of carbonyl (C=O) groups excluding carboxylic acids is 1. The van der Waals surface area contributed by atoms with E-state index in [1.807, 2.05) is 12.1 Å². The SMILES string of the molecule is CN(Cc1ccc(Cl)cc1Cl)C(=O)Cc1nn(C)c(=O)c2ccccc12. The monoisotopic (exact) mass is 389 g/mol. The van der Waals surface area contributed by atoms with E-state index in [0.29, 0.717) is 33.1 Å². The highest BCUT2D eigenvalue weighted by Gasteiger charge is 2.16. The summed E-state index contributed by atoms with van der Waals surface area (Å²) >= 11 is 12.1. The molecule has 0 aliphatic heterocycles. The molecular formula is C19H17Cl2N3O2. The zero-order chi connectivity index (χ0) is 18.8. The lowest BCUT2D eigenvalue weighted by atomic mass is 10.1. The van der Waals surface area contributed by atoms with Gasteiger partial charge in [0.2, 0.25) is 5.91 Å². The average molecular weight is 390 g/mol. The fourth-order valence-electron chi connectivity index (χ4n) is 2.78. The van der Waals surface area contributed by atoms with Crippen LogP contribution in [0.2, 0.25) is 10.0 Å². The van der Waals surface area contributed by atoms with Crippen molar-refractivity contribution in [2.75, 3.05) is 7.05 Å². The fourth-order valence-corrected chi connectivity index (χ4v) is 3.25. The van der Waals surface area contributed by atoms with Crippen LogP contribution in [-0.2, 0) is 24.8 Å². The number of nitrogens with zero attached hydrogens (tertiary/aromatic N) is 3. The van der Waals surface area contributed by atoms with Gasteiger partial charge in [-0.1, -0.05) is 47.5 Å². The first-order chi connectivity index (χ1) is 12.4. The van der Waals surface area contributed by atoms with Gasteiger partial charge in [0.05, 0.1) is 17.5 Å². The molecule has 1 aromatic heterocycles. The largest absolute Gasteiger partial charge is 0.341 e. The zero-order valence-electron chi connectivity index (χ0n) is 14.4. The molecule has 26 heavy (non-hydrogen) atoms. The second kappa shape index (κ2) is 7.48. The Morgan fingerprint density at radius 1 is 1.15 bits per heavy atom. The maximum atomic E-state index is 12.7. The van der Waals surface area contributed by atoms with Crippen LogP contribution in [0.4, 0.5) is 0 Å². The molecule has 5 nitrogen and oxygen atoms in total. The smallest absolute Gasteiger partial charge is 0.274 e. The maximum absolute atomic E-state index is 12.7. The van der Waals surface area contributed by atoms with Crippen LogP contribution < -0.4 is 5.56 Å². The van der Waals surface area contributed by atoms with E-state index in [4.69, 9.17) is 23.2 Å². The van der Waals surface area contributed by atoms with Crippen molar-refractivity contribution >= 4 is 39.9 Å². The molecule has 0 saturated carbocycles. The first-order valence-corrected chi connectivity index (χ1v) is 8.75. The summed E-state index contributed by atoms with van der Waals surface area (Å²) in [4.78, 5) is 26.4. The molecule has 0 bridgehead atoms. The van der Waals surface area contributed by atoms with E-state index in [9.17, 15) is 9.59 Å². The third kappa shape index (κ3) is 3.74. The molecule has 0 atom stereocenters. The minimum Gasteiger partial charge on any atom is -0.341 e. The standard InChI is InChI=1S/C19H17Cl2N3O2/c1-23(11-12-7-8-13(20)9-16(12)21)18(25)10-17-14-5-3-4-6-15(14)19(26)24(2)22-17/h3-9H,10-11H2,1-2H3. The molecule has 134 valence electrons. The predicted molar refractivity (Wildman–Crippen MR) is 104 cm³/mol. The van der Waals surface area contributed by atoms with E-state index >= 15 is 0 Å². The molecule has 0 N–H and O–H groups in total. The van der Waals surface area contributed by atoms with Gasteiger partial charge < -0.3 is 4.90 Å². The number of aromatic nitrogens is 2. The van der Waals surface area contributed by atoms with E-state index in [1.54, 1.807) is 49.3 Å². The van der Waals surface area contributed by atoms with Crippen LogP contribution in [0.25, 0.3) is 10.8 Å². The summed E-state index contributed by atoms with van der Waals surface area (Å²) in [7, 11) is 3.29. The van der Waals surface area contributed by atoms with Crippen LogP contribution in [0.3, 0.4) is 0 Å². The Hall–Kier alpha value is -2.37. The van der Waals surface area contributed by atoms with Gasteiger partial charge >= 0.3 is 0 Å². The van der Waals surface area contributed by atoms with Crippen molar-refractivity contribution in [3.8, 4) is 0 Å². The number of benzene rings is 2. The molecule has 0 saturated heterocycles. The van der Waals surface area contributed by atoms with Gasteiger partial charge in [-0.2, -0.15) is 5.10 Å². The number of likely N-dealkylation sites (N-methyl/N-ethyl adjacent to an activating group) is 1. The number of fused-ring (bicyclic) bond motifs is 1. The van der Waals surface area contributed by atoms with Crippen LogP contribution in [0.1, 0.15) is 11.3 Å². The van der Waals surface area contributed by atoms with Gasteiger partial charge in [-0.25, -0.2) is 4.68 Å². The van der Waals surface area contributed by atoms with Crippen LogP contribution in [-0.4, -0.2) is 27.6 Å².